The van der Waals surface area contributed by atoms with Gasteiger partial charge in [0.1, 0.15) is 85.9 Å². The minimum Gasteiger partial charge on any atom is -0.508 e. The molecule has 0 fully saturated rings. The van der Waals surface area contributed by atoms with Gasteiger partial charge < -0.3 is 52.8 Å². The summed E-state index contributed by atoms with van der Waals surface area (Å²) in [6.07, 6.45) is 6.96. The van der Waals surface area contributed by atoms with Crippen molar-refractivity contribution in [3.8, 4) is 113 Å². The van der Waals surface area contributed by atoms with Crippen molar-refractivity contribution in [3.05, 3.63) is 189 Å². The third-order valence-corrected chi connectivity index (χ3v) is 16.2. The molecule has 0 bridgehead atoms. The van der Waals surface area contributed by atoms with Crippen LogP contribution in [-0.2, 0) is 32.9 Å². The molecule has 12 aromatic rings. The first-order valence-corrected chi connectivity index (χ1v) is 29.8. The number of oxime groups is 1. The van der Waals surface area contributed by atoms with Gasteiger partial charge in [-0.3, -0.25) is 33.1 Å². The molecule has 0 aliphatic rings. The molecule has 0 aliphatic carbocycles. The van der Waals surface area contributed by atoms with Crippen LogP contribution in [0.1, 0.15) is 104 Å². The summed E-state index contributed by atoms with van der Waals surface area (Å²) in [5.74, 6) is 1.85. The minimum absolute atomic E-state index is 0.112. The fourth-order valence-electron chi connectivity index (χ4n) is 11.6. The topological polar surface area (TPSA) is 341 Å². The molecule has 25 nitrogen and oxygen atoms in total. The van der Waals surface area contributed by atoms with Gasteiger partial charge in [-0.25, -0.2) is 9.59 Å². The number of hydrogen-bond acceptors (Lipinski definition) is 20. The number of carbonyl (C=O) groups excluding carboxylic acids is 4. The largest absolute Gasteiger partial charge is 0.508 e. The Bertz CT molecular complexity index is 4910. The highest BCUT2D eigenvalue weighted by atomic mass is 16.5. The summed E-state index contributed by atoms with van der Waals surface area (Å²) in [7, 11) is 9.75. The number of aryl methyl sites for hydroxylation is 10. The van der Waals surface area contributed by atoms with E-state index in [4.69, 9.17) is 32.3 Å². The lowest BCUT2D eigenvalue weighted by Gasteiger charge is -2.06. The van der Waals surface area contributed by atoms with Crippen LogP contribution in [0, 0.1) is 55.4 Å². The maximum Gasteiger partial charge on any atom is 0.374 e. The van der Waals surface area contributed by atoms with Crippen LogP contribution >= 0.6 is 0 Å². The van der Waals surface area contributed by atoms with Gasteiger partial charge in [-0.2, -0.15) is 20.4 Å². The van der Waals surface area contributed by atoms with Crippen LogP contribution in [0.2, 0.25) is 0 Å². The van der Waals surface area contributed by atoms with Crippen molar-refractivity contribution >= 4 is 37.0 Å². The third kappa shape index (κ3) is 13.5. The Hall–Kier alpha value is -12.5. The van der Waals surface area contributed by atoms with Gasteiger partial charge in [0.2, 0.25) is 11.5 Å². The number of furan rings is 4. The molecule has 12 rings (SSSR count). The van der Waals surface area contributed by atoms with Gasteiger partial charge in [-0.15, -0.1) is 0 Å². The van der Waals surface area contributed by atoms with Gasteiger partial charge in [-0.05, 0) is 164 Å². The Balaban J connectivity index is 0.000000152. The first-order chi connectivity index (χ1) is 46.3. The molecule has 5 N–H and O–H groups in total. The number of esters is 1. The number of ether oxygens (including phenoxy) is 2. The average molecular weight is 1320 g/mol. The third-order valence-electron chi connectivity index (χ3n) is 16.2. The number of hydrogen-bond donors (Lipinski definition) is 5. The highest BCUT2D eigenvalue weighted by molar-refractivity contribution is 6.01. The molecule has 8 heterocycles. The van der Waals surface area contributed by atoms with Crippen molar-refractivity contribution in [3.63, 3.8) is 0 Å². The van der Waals surface area contributed by atoms with Gasteiger partial charge in [-0.1, -0.05) is 5.16 Å². The van der Waals surface area contributed by atoms with Crippen LogP contribution in [-0.4, -0.2) is 116 Å². The zero-order chi connectivity index (χ0) is 70.4. The standard InChI is InChI=1S/C20H20N2O5.C18H16N2O5.C17H17N3O3.C17H16N2O3/c1-11-16(12(2)27-19(11)20(24)26-5)17-15(10-23)22(3)21-18(17)13-6-8-14(25-4)9-7-13;1-9-14(10(2)25-17(9)18(23)24)15-13(8-21)20(3)19-16(15)11-4-6-12(22)7-5-11;1-10-9-23-11(2)15(10)16-14(8-18-22)20(3)19-17(16)12-4-6-13(21)7-5-12;1-10-9-22-11(2)15(10)16-14(8-20)19(3)18-17(16)12-4-6-13(21)7-5-12/h6-10H,1-5H3;4-8,22H,1-3H3,(H,23,24);4-9,21-22H,1-3H3;4-9,21H,1-3H3/b;;18-8+;. The Morgan fingerprint density at radius 3 is 1.04 bits per heavy atom. The number of aromatic nitrogens is 8. The van der Waals surface area contributed by atoms with Crippen LogP contribution in [0.4, 0.5) is 0 Å². The maximum absolute atomic E-state index is 12.0. The Morgan fingerprint density at radius 2 is 0.753 bits per heavy atom. The van der Waals surface area contributed by atoms with Crippen LogP contribution in [0.15, 0.2) is 132 Å². The fraction of sp³-hybridized carbons (Fsp3) is 0.194. The number of carboxylic acid groups (broad SMARTS) is 1. The van der Waals surface area contributed by atoms with Gasteiger partial charge >= 0.3 is 11.9 Å². The number of aromatic carboxylic acids is 1. The van der Waals surface area contributed by atoms with E-state index >= 15 is 0 Å². The molecular weight excluding hydrogens is 1250 g/mol. The summed E-state index contributed by atoms with van der Waals surface area (Å²) in [5.41, 5.74) is 16.3. The number of carboxylic acids is 1. The number of aldehydes is 3. The first kappa shape index (κ1) is 68.8. The molecule has 97 heavy (non-hydrogen) atoms. The van der Waals surface area contributed by atoms with E-state index in [0.717, 1.165) is 85.6 Å². The molecular formula is C72H69N9O16. The lowest BCUT2D eigenvalue weighted by molar-refractivity contribution is 0.0561. The number of nitrogens with zero attached hydrogens (tertiary/aromatic N) is 9. The molecule has 0 unspecified atom stereocenters. The molecule has 0 saturated heterocycles. The molecule has 25 heteroatoms. The first-order valence-electron chi connectivity index (χ1n) is 29.8. The van der Waals surface area contributed by atoms with Crippen molar-refractivity contribution in [1.82, 2.24) is 39.1 Å². The van der Waals surface area contributed by atoms with Crippen molar-refractivity contribution in [2.24, 2.45) is 33.3 Å². The molecule has 0 atom stereocenters. The molecule has 4 aromatic carbocycles. The molecule has 0 amide bonds. The summed E-state index contributed by atoms with van der Waals surface area (Å²) < 4.78 is 38.2. The summed E-state index contributed by atoms with van der Waals surface area (Å²) in [4.78, 5) is 58.3. The van der Waals surface area contributed by atoms with Crippen LogP contribution in [0.3, 0.4) is 0 Å². The van der Waals surface area contributed by atoms with E-state index in [9.17, 15) is 44.4 Å². The predicted molar refractivity (Wildman–Crippen MR) is 359 cm³/mol. The maximum atomic E-state index is 12.0. The second-order valence-corrected chi connectivity index (χ2v) is 22.4. The SMILES string of the molecule is COC(=O)c1oc(C)c(-c2c(-c3ccc(OC)cc3)nn(C)c2C=O)c1C.Cc1coc(C)c1-c1c(-c2ccc(O)cc2)nn(C)c1/C=N/O.Cc1coc(C)c1-c1c(-c2ccc(O)cc2)nn(C)c1C=O.Cc1oc(C(=O)O)c(C)c1-c1c(-c2ccc(O)cc2)nn(C)c1C=O. The van der Waals surface area contributed by atoms with E-state index in [-0.39, 0.29) is 28.8 Å². The summed E-state index contributed by atoms with van der Waals surface area (Å²) in [5, 5.41) is 67.9. The summed E-state index contributed by atoms with van der Waals surface area (Å²) >= 11 is 0. The van der Waals surface area contributed by atoms with Crippen LogP contribution in [0.5, 0.6) is 23.0 Å². The van der Waals surface area contributed by atoms with Crippen LogP contribution < -0.4 is 4.74 Å². The number of aromatic hydroxyl groups is 3. The van der Waals surface area contributed by atoms with Gasteiger partial charge in [0.25, 0.3) is 0 Å². The Morgan fingerprint density at radius 1 is 0.443 bits per heavy atom. The normalized spacial score (nSPS) is 10.9. The monoisotopic (exact) mass is 1320 g/mol. The predicted octanol–water partition coefficient (Wildman–Crippen LogP) is 13.7. The number of phenols is 3. The second-order valence-electron chi connectivity index (χ2n) is 22.4. The van der Waals surface area contributed by atoms with E-state index < -0.39 is 11.9 Å². The van der Waals surface area contributed by atoms with E-state index in [1.807, 2.05) is 52.0 Å². The lowest BCUT2D eigenvalue weighted by Crippen LogP contribution is -2.01. The van der Waals surface area contributed by atoms with Crippen LogP contribution in [0.25, 0.3) is 89.5 Å². The molecule has 0 aliphatic heterocycles. The minimum atomic E-state index is -1.17. The number of carbonyl (C=O) groups is 5. The summed E-state index contributed by atoms with van der Waals surface area (Å²) in [6, 6.07) is 27.4. The number of rotatable bonds is 15. The Labute approximate surface area is 555 Å². The molecule has 0 saturated carbocycles. The fourth-order valence-corrected chi connectivity index (χ4v) is 11.6. The quantitative estimate of drug-likeness (QED) is 0.0209. The molecule has 0 spiro atoms. The zero-order valence-electron chi connectivity index (χ0n) is 55.5. The molecule has 0 radical (unpaired) electrons. The van der Waals surface area contributed by atoms with Gasteiger partial charge in [0.05, 0.1) is 38.7 Å². The Kier molecular flexibility index (Phi) is 20.4. The van der Waals surface area contributed by atoms with E-state index in [0.29, 0.717) is 96.6 Å². The van der Waals surface area contributed by atoms with Crippen molar-refractivity contribution in [1.29, 1.82) is 0 Å². The van der Waals surface area contributed by atoms with Gasteiger partial charge in [0.15, 0.2) is 18.9 Å². The average Bonchev–Trinajstić information content (AvgIpc) is 1.64. The number of phenolic OH excluding ortho intramolecular Hbond substituents is 3. The molecule has 498 valence electrons. The zero-order valence-corrected chi connectivity index (χ0v) is 55.5. The van der Waals surface area contributed by atoms with Crippen molar-refractivity contribution in [2.75, 3.05) is 14.2 Å². The lowest BCUT2D eigenvalue weighted by atomic mass is 9.96. The van der Waals surface area contributed by atoms with E-state index in [1.54, 1.807) is 146 Å². The number of methoxy groups -OCH3 is 2. The van der Waals surface area contributed by atoms with E-state index in [1.165, 1.54) is 34.8 Å². The second kappa shape index (κ2) is 28.8. The molecule has 8 aromatic heterocycles. The van der Waals surface area contributed by atoms with Crippen molar-refractivity contribution in [2.45, 2.75) is 55.4 Å². The smallest absolute Gasteiger partial charge is 0.374 e. The number of benzene rings is 4. The van der Waals surface area contributed by atoms with Crippen molar-refractivity contribution < 1.29 is 76.7 Å². The van der Waals surface area contributed by atoms with Gasteiger partial charge in [0, 0.05) is 106 Å². The highest BCUT2D eigenvalue weighted by Crippen LogP contribution is 2.44. The highest BCUT2D eigenvalue weighted by Gasteiger charge is 2.31. The summed E-state index contributed by atoms with van der Waals surface area (Å²) in [6.45, 7) is 14.4. The van der Waals surface area contributed by atoms with E-state index in [2.05, 4.69) is 25.6 Å².